The Labute approximate surface area is 89.6 Å². The fraction of sp³-hybridized carbons (Fsp3) is 0.154. The van der Waals surface area contributed by atoms with Crippen LogP contribution in [0.3, 0.4) is 0 Å². The molecular weight excluding hydrogens is 186 g/mol. The van der Waals surface area contributed by atoms with Gasteiger partial charge in [-0.05, 0) is 11.6 Å². The molecule has 1 heterocycles. The molecular formula is C13H13NO. The van der Waals surface area contributed by atoms with E-state index >= 15 is 0 Å². The van der Waals surface area contributed by atoms with E-state index in [2.05, 4.69) is 11.6 Å². The maximum absolute atomic E-state index is 5.38. The van der Waals surface area contributed by atoms with E-state index in [1.165, 1.54) is 0 Å². The number of benzene rings is 1. The minimum atomic E-state index is 0.648. The molecule has 0 saturated carbocycles. The minimum absolute atomic E-state index is 0.648. The van der Waals surface area contributed by atoms with Crippen molar-refractivity contribution in [3.05, 3.63) is 54.3 Å². The molecule has 2 nitrogen and oxygen atoms in total. The Kier molecular flexibility index (Phi) is 2.98. The molecule has 1 aromatic carbocycles. The summed E-state index contributed by atoms with van der Waals surface area (Å²) in [6.45, 7) is 4.55. The lowest BCUT2D eigenvalue weighted by Crippen LogP contribution is -2.08. The van der Waals surface area contributed by atoms with Gasteiger partial charge in [0.05, 0.1) is 0 Å². The van der Waals surface area contributed by atoms with Crippen LogP contribution < -0.4 is 0 Å². The molecule has 0 atom stereocenters. The van der Waals surface area contributed by atoms with Crippen LogP contribution in [0, 0.1) is 0 Å². The highest BCUT2D eigenvalue weighted by atomic mass is 16.5. The monoisotopic (exact) mass is 199 g/mol. The highest BCUT2D eigenvalue weighted by Crippen LogP contribution is 2.10. The highest BCUT2D eigenvalue weighted by molar-refractivity contribution is 5.92. The number of nitrogens with zero attached hydrogens (tertiary/aromatic N) is 1. The van der Waals surface area contributed by atoms with Gasteiger partial charge in [0, 0.05) is 19.0 Å². The van der Waals surface area contributed by atoms with Crippen molar-refractivity contribution in [2.24, 2.45) is 4.99 Å². The zero-order chi connectivity index (χ0) is 10.5. The van der Waals surface area contributed by atoms with Crippen molar-refractivity contribution in [1.29, 1.82) is 0 Å². The van der Waals surface area contributed by atoms with Crippen LogP contribution in [0.5, 0.6) is 0 Å². The first kappa shape index (κ1) is 9.71. The van der Waals surface area contributed by atoms with E-state index in [0.717, 1.165) is 24.3 Å². The van der Waals surface area contributed by atoms with E-state index in [1.54, 1.807) is 0 Å². The second kappa shape index (κ2) is 4.60. The van der Waals surface area contributed by atoms with Gasteiger partial charge in [-0.15, -0.1) is 0 Å². The molecule has 1 aliphatic rings. The number of hydrogen-bond donors (Lipinski definition) is 0. The largest absolute Gasteiger partial charge is 0.444 e. The van der Waals surface area contributed by atoms with Gasteiger partial charge in [0.1, 0.15) is 5.76 Å². The summed E-state index contributed by atoms with van der Waals surface area (Å²) < 4.78 is 5.38. The molecule has 0 fully saturated rings. The van der Waals surface area contributed by atoms with Crippen LogP contribution in [-0.2, 0) is 4.74 Å². The molecule has 0 bridgehead atoms. The van der Waals surface area contributed by atoms with E-state index in [0.29, 0.717) is 5.90 Å². The molecule has 2 heteroatoms. The molecule has 0 amide bonds. The molecule has 1 aliphatic heterocycles. The molecule has 0 spiro atoms. The fourth-order valence-corrected chi connectivity index (χ4v) is 1.34. The van der Waals surface area contributed by atoms with Gasteiger partial charge in [-0.3, -0.25) is 4.99 Å². The van der Waals surface area contributed by atoms with Gasteiger partial charge in [0.25, 0.3) is 0 Å². The molecule has 0 N–H and O–H groups in total. The van der Waals surface area contributed by atoms with Crippen molar-refractivity contribution in [2.75, 3.05) is 6.54 Å². The predicted molar refractivity (Wildman–Crippen MR) is 62.6 cm³/mol. The Morgan fingerprint density at radius 3 is 2.73 bits per heavy atom. The van der Waals surface area contributed by atoms with Crippen LogP contribution in [0.2, 0.25) is 0 Å². The quantitative estimate of drug-likeness (QED) is 0.717. The van der Waals surface area contributed by atoms with E-state index in [-0.39, 0.29) is 0 Å². The number of hydrogen-bond acceptors (Lipinski definition) is 2. The van der Waals surface area contributed by atoms with Crippen molar-refractivity contribution in [3.63, 3.8) is 0 Å². The standard InChI is InChI=1S/C13H13NO/c1-11-9-10-14-13(15-11)8-7-12-5-3-2-4-6-12/h2-8H,1,9-10H2/b8-7+. The van der Waals surface area contributed by atoms with Crippen LogP contribution in [-0.4, -0.2) is 12.4 Å². The third-order valence-electron chi connectivity index (χ3n) is 2.13. The van der Waals surface area contributed by atoms with E-state index < -0.39 is 0 Å². The lowest BCUT2D eigenvalue weighted by molar-refractivity contribution is 0.381. The smallest absolute Gasteiger partial charge is 0.214 e. The topological polar surface area (TPSA) is 21.6 Å². The van der Waals surface area contributed by atoms with Crippen LogP contribution >= 0.6 is 0 Å². The first-order valence-corrected chi connectivity index (χ1v) is 4.98. The van der Waals surface area contributed by atoms with E-state index in [9.17, 15) is 0 Å². The summed E-state index contributed by atoms with van der Waals surface area (Å²) in [7, 11) is 0. The summed E-state index contributed by atoms with van der Waals surface area (Å²) in [6, 6.07) is 10.1. The van der Waals surface area contributed by atoms with Gasteiger partial charge < -0.3 is 4.74 Å². The Hall–Kier alpha value is -1.83. The van der Waals surface area contributed by atoms with Crippen LogP contribution in [0.25, 0.3) is 6.08 Å². The second-order valence-corrected chi connectivity index (χ2v) is 3.35. The predicted octanol–water partition coefficient (Wildman–Crippen LogP) is 3.03. The Balaban J connectivity index is 2.06. The average molecular weight is 199 g/mol. The SMILES string of the molecule is C=C1CCN=C(/C=C/c2ccccc2)O1. The minimum Gasteiger partial charge on any atom is -0.444 e. The highest BCUT2D eigenvalue weighted by Gasteiger charge is 2.05. The summed E-state index contributed by atoms with van der Waals surface area (Å²) in [4.78, 5) is 4.24. The van der Waals surface area contributed by atoms with Crippen molar-refractivity contribution in [3.8, 4) is 0 Å². The molecule has 76 valence electrons. The number of rotatable bonds is 2. The van der Waals surface area contributed by atoms with E-state index in [4.69, 9.17) is 4.74 Å². The second-order valence-electron chi connectivity index (χ2n) is 3.35. The fourth-order valence-electron chi connectivity index (χ4n) is 1.34. The van der Waals surface area contributed by atoms with Gasteiger partial charge in [0.2, 0.25) is 5.90 Å². The van der Waals surface area contributed by atoms with Crippen molar-refractivity contribution in [2.45, 2.75) is 6.42 Å². The first-order chi connectivity index (χ1) is 7.34. The molecule has 1 aromatic rings. The maximum Gasteiger partial charge on any atom is 0.214 e. The van der Waals surface area contributed by atoms with Gasteiger partial charge in [-0.25, -0.2) is 0 Å². The Morgan fingerprint density at radius 2 is 2.00 bits per heavy atom. The van der Waals surface area contributed by atoms with Crippen molar-refractivity contribution in [1.82, 2.24) is 0 Å². The molecule has 2 rings (SSSR count). The van der Waals surface area contributed by atoms with Crippen molar-refractivity contribution < 1.29 is 4.74 Å². The lowest BCUT2D eigenvalue weighted by atomic mass is 10.2. The third-order valence-corrected chi connectivity index (χ3v) is 2.13. The van der Waals surface area contributed by atoms with Crippen LogP contribution in [0.15, 0.2) is 53.7 Å². The number of aliphatic imine (C=N–C) groups is 1. The normalized spacial score (nSPS) is 16.3. The molecule has 0 unspecified atom stereocenters. The summed E-state index contributed by atoms with van der Waals surface area (Å²) >= 11 is 0. The van der Waals surface area contributed by atoms with Crippen LogP contribution in [0.4, 0.5) is 0 Å². The van der Waals surface area contributed by atoms with E-state index in [1.807, 2.05) is 42.5 Å². The molecule has 0 aromatic heterocycles. The summed E-state index contributed by atoms with van der Waals surface area (Å²) in [5.41, 5.74) is 1.14. The molecule has 0 saturated heterocycles. The summed E-state index contributed by atoms with van der Waals surface area (Å²) in [5, 5.41) is 0. The van der Waals surface area contributed by atoms with Gasteiger partial charge in [-0.1, -0.05) is 36.9 Å². The Bertz CT molecular complexity index is 404. The lowest BCUT2D eigenvalue weighted by Gasteiger charge is -2.12. The zero-order valence-electron chi connectivity index (χ0n) is 8.52. The summed E-state index contributed by atoms with van der Waals surface area (Å²) in [5.74, 6) is 1.44. The first-order valence-electron chi connectivity index (χ1n) is 4.98. The van der Waals surface area contributed by atoms with Crippen molar-refractivity contribution >= 4 is 12.0 Å². The number of ether oxygens (including phenoxy) is 1. The molecule has 0 aliphatic carbocycles. The van der Waals surface area contributed by atoms with Gasteiger partial charge >= 0.3 is 0 Å². The van der Waals surface area contributed by atoms with Gasteiger partial charge in [-0.2, -0.15) is 0 Å². The average Bonchev–Trinajstić information content (AvgIpc) is 2.28. The third kappa shape index (κ3) is 2.81. The zero-order valence-corrected chi connectivity index (χ0v) is 8.52. The van der Waals surface area contributed by atoms with Crippen LogP contribution in [0.1, 0.15) is 12.0 Å². The maximum atomic E-state index is 5.38. The summed E-state index contributed by atoms with van der Waals surface area (Å²) in [6.07, 6.45) is 4.68. The Morgan fingerprint density at radius 1 is 1.20 bits per heavy atom. The molecule has 15 heavy (non-hydrogen) atoms. The van der Waals surface area contributed by atoms with Gasteiger partial charge in [0.15, 0.2) is 0 Å². The molecule has 0 radical (unpaired) electrons.